The van der Waals surface area contributed by atoms with E-state index >= 15 is 0 Å². The molecule has 2 rings (SSSR count). The fraction of sp³-hybridized carbons (Fsp3) is 0.143. The first-order valence-electron chi connectivity index (χ1n) is 6.11. The van der Waals surface area contributed by atoms with E-state index in [4.69, 9.17) is 28.3 Å². The molecule has 7 heteroatoms. The Morgan fingerprint density at radius 3 is 2.33 bits per heavy atom. The van der Waals surface area contributed by atoms with E-state index in [9.17, 15) is 8.42 Å². The van der Waals surface area contributed by atoms with Crippen LogP contribution in [0.2, 0.25) is 10.0 Å². The molecule has 2 aromatic rings. The molecule has 0 heterocycles. The minimum absolute atomic E-state index is 0.0156. The number of sulfonamides is 1. The van der Waals surface area contributed by atoms with Gasteiger partial charge in [0, 0.05) is 16.6 Å². The molecule has 0 atom stereocenters. The number of hydrogen-bond acceptors (Lipinski definition) is 3. The standard InChI is InChI=1S/C14H13Cl2NO3S/c15-11-2-1-10(14(16)9-11)7-8-17-21(19,20)13-5-3-12(18)4-6-13/h1-6,9,17-18H,7-8H2. The van der Waals surface area contributed by atoms with E-state index in [1.165, 1.54) is 24.3 Å². The van der Waals surface area contributed by atoms with E-state index in [2.05, 4.69) is 4.72 Å². The second-order valence-corrected chi connectivity index (χ2v) is 6.99. The van der Waals surface area contributed by atoms with Crippen LogP contribution in [0.15, 0.2) is 47.4 Å². The van der Waals surface area contributed by atoms with Crippen molar-refractivity contribution in [3.8, 4) is 5.75 Å². The van der Waals surface area contributed by atoms with Gasteiger partial charge in [0.25, 0.3) is 0 Å². The Morgan fingerprint density at radius 1 is 1.05 bits per heavy atom. The summed E-state index contributed by atoms with van der Waals surface area (Å²) in [4.78, 5) is 0.0995. The van der Waals surface area contributed by atoms with Gasteiger partial charge in [0.15, 0.2) is 0 Å². The van der Waals surface area contributed by atoms with Crippen molar-refractivity contribution in [3.63, 3.8) is 0 Å². The summed E-state index contributed by atoms with van der Waals surface area (Å²) in [6.07, 6.45) is 0.452. The van der Waals surface area contributed by atoms with Crippen molar-refractivity contribution in [2.75, 3.05) is 6.54 Å². The topological polar surface area (TPSA) is 66.4 Å². The van der Waals surface area contributed by atoms with Gasteiger partial charge in [-0.3, -0.25) is 0 Å². The van der Waals surface area contributed by atoms with E-state index in [1.54, 1.807) is 18.2 Å². The number of hydrogen-bond donors (Lipinski definition) is 2. The maximum Gasteiger partial charge on any atom is 0.240 e. The van der Waals surface area contributed by atoms with E-state index in [-0.39, 0.29) is 17.2 Å². The van der Waals surface area contributed by atoms with Crippen LogP contribution in [0.1, 0.15) is 5.56 Å². The first kappa shape index (κ1) is 16.1. The van der Waals surface area contributed by atoms with Gasteiger partial charge in [-0.05, 0) is 48.4 Å². The lowest BCUT2D eigenvalue weighted by molar-refractivity contribution is 0.474. The molecule has 2 N–H and O–H groups in total. The van der Waals surface area contributed by atoms with E-state index in [0.29, 0.717) is 16.5 Å². The molecular weight excluding hydrogens is 333 g/mol. The number of aromatic hydroxyl groups is 1. The molecule has 0 saturated carbocycles. The Hall–Kier alpha value is -1.27. The third-order valence-electron chi connectivity index (χ3n) is 2.85. The van der Waals surface area contributed by atoms with Gasteiger partial charge in [0.05, 0.1) is 4.90 Å². The average molecular weight is 346 g/mol. The predicted octanol–water partition coefficient (Wildman–Crippen LogP) is 3.22. The van der Waals surface area contributed by atoms with Crippen molar-refractivity contribution < 1.29 is 13.5 Å². The highest BCUT2D eigenvalue weighted by Gasteiger charge is 2.13. The number of rotatable bonds is 5. The fourth-order valence-electron chi connectivity index (χ4n) is 1.75. The molecule has 0 aliphatic heterocycles. The molecule has 2 aromatic carbocycles. The number of phenols is 1. The summed E-state index contributed by atoms with van der Waals surface area (Å²) < 4.78 is 26.5. The van der Waals surface area contributed by atoms with Crippen LogP contribution in [0.5, 0.6) is 5.75 Å². The molecule has 0 saturated heterocycles. The molecule has 112 valence electrons. The summed E-state index contributed by atoms with van der Waals surface area (Å²) >= 11 is 11.8. The Balaban J connectivity index is 2.00. The van der Waals surface area contributed by atoms with E-state index in [0.717, 1.165) is 5.56 Å². The summed E-state index contributed by atoms with van der Waals surface area (Å²) in [5, 5.41) is 10.2. The van der Waals surface area contributed by atoms with Crippen LogP contribution in [0.4, 0.5) is 0 Å². The summed E-state index contributed by atoms with van der Waals surface area (Å²) in [5.41, 5.74) is 0.814. The maximum absolute atomic E-state index is 12.0. The van der Waals surface area contributed by atoms with Crippen molar-refractivity contribution in [1.82, 2.24) is 4.72 Å². The summed E-state index contributed by atoms with van der Waals surface area (Å²) in [6, 6.07) is 10.4. The molecule has 0 bridgehead atoms. The molecule has 4 nitrogen and oxygen atoms in total. The molecule has 0 amide bonds. The largest absolute Gasteiger partial charge is 0.508 e. The lowest BCUT2D eigenvalue weighted by Gasteiger charge is -2.08. The van der Waals surface area contributed by atoms with Crippen molar-refractivity contribution in [2.45, 2.75) is 11.3 Å². The molecule has 0 aliphatic rings. The van der Waals surface area contributed by atoms with Gasteiger partial charge in [0.2, 0.25) is 10.0 Å². The van der Waals surface area contributed by atoms with Gasteiger partial charge in [-0.25, -0.2) is 13.1 Å². The van der Waals surface area contributed by atoms with Crippen LogP contribution < -0.4 is 4.72 Å². The molecule has 0 spiro atoms. The summed E-state index contributed by atoms with van der Waals surface area (Å²) in [7, 11) is -3.60. The molecule has 0 unspecified atom stereocenters. The van der Waals surface area contributed by atoms with Gasteiger partial charge in [-0.1, -0.05) is 29.3 Å². The van der Waals surface area contributed by atoms with Crippen molar-refractivity contribution in [3.05, 3.63) is 58.1 Å². The monoisotopic (exact) mass is 345 g/mol. The fourth-order valence-corrected chi connectivity index (χ4v) is 3.29. The van der Waals surface area contributed by atoms with Gasteiger partial charge in [-0.2, -0.15) is 0 Å². The highest BCUT2D eigenvalue weighted by molar-refractivity contribution is 7.89. The van der Waals surface area contributed by atoms with Crippen molar-refractivity contribution in [1.29, 1.82) is 0 Å². The quantitative estimate of drug-likeness (QED) is 0.874. The molecule has 0 fully saturated rings. The van der Waals surface area contributed by atoms with Crippen LogP contribution in [-0.2, 0) is 16.4 Å². The first-order chi connectivity index (χ1) is 9.88. The zero-order chi connectivity index (χ0) is 15.5. The van der Waals surface area contributed by atoms with Gasteiger partial charge < -0.3 is 5.11 Å². The van der Waals surface area contributed by atoms with Gasteiger partial charge in [0.1, 0.15) is 5.75 Å². The summed E-state index contributed by atoms with van der Waals surface area (Å²) in [6.45, 7) is 0.213. The van der Waals surface area contributed by atoms with E-state index in [1.807, 2.05) is 0 Å². The van der Waals surface area contributed by atoms with Crippen LogP contribution >= 0.6 is 23.2 Å². The van der Waals surface area contributed by atoms with Crippen LogP contribution in [0.25, 0.3) is 0 Å². The zero-order valence-corrected chi connectivity index (χ0v) is 13.2. The van der Waals surface area contributed by atoms with Gasteiger partial charge >= 0.3 is 0 Å². The number of benzene rings is 2. The Kier molecular flexibility index (Phi) is 5.11. The Labute approximate surface area is 133 Å². The lowest BCUT2D eigenvalue weighted by Crippen LogP contribution is -2.26. The molecular formula is C14H13Cl2NO3S. The van der Waals surface area contributed by atoms with Crippen LogP contribution in [-0.4, -0.2) is 20.1 Å². The SMILES string of the molecule is O=S(=O)(NCCc1ccc(Cl)cc1Cl)c1ccc(O)cc1. The summed E-state index contributed by atoms with van der Waals surface area (Å²) in [5.74, 6) is 0.0156. The number of nitrogens with one attached hydrogen (secondary N) is 1. The zero-order valence-electron chi connectivity index (χ0n) is 10.9. The van der Waals surface area contributed by atoms with Crippen LogP contribution in [0, 0.1) is 0 Å². The number of halogens is 2. The minimum atomic E-state index is -3.60. The third-order valence-corrected chi connectivity index (χ3v) is 4.91. The molecule has 21 heavy (non-hydrogen) atoms. The Morgan fingerprint density at radius 2 is 1.71 bits per heavy atom. The second-order valence-electron chi connectivity index (χ2n) is 4.38. The smallest absolute Gasteiger partial charge is 0.240 e. The molecule has 0 aromatic heterocycles. The van der Waals surface area contributed by atoms with E-state index < -0.39 is 10.0 Å². The van der Waals surface area contributed by atoms with Gasteiger partial charge in [-0.15, -0.1) is 0 Å². The average Bonchev–Trinajstić information content (AvgIpc) is 2.41. The van der Waals surface area contributed by atoms with Crippen molar-refractivity contribution >= 4 is 33.2 Å². The number of phenolic OH excluding ortho intramolecular Hbond substituents is 1. The maximum atomic E-state index is 12.0. The molecule has 0 radical (unpaired) electrons. The molecule has 0 aliphatic carbocycles. The lowest BCUT2D eigenvalue weighted by atomic mass is 10.1. The van der Waals surface area contributed by atoms with Crippen LogP contribution in [0.3, 0.4) is 0 Å². The van der Waals surface area contributed by atoms with Crippen molar-refractivity contribution in [2.24, 2.45) is 0 Å². The normalized spacial score (nSPS) is 11.5. The highest BCUT2D eigenvalue weighted by Crippen LogP contribution is 2.21. The first-order valence-corrected chi connectivity index (χ1v) is 8.35. The Bertz CT molecular complexity index is 730. The second kappa shape index (κ2) is 6.66. The minimum Gasteiger partial charge on any atom is -0.508 e. The third kappa shape index (κ3) is 4.35. The predicted molar refractivity (Wildman–Crippen MR) is 83.5 cm³/mol. The highest BCUT2D eigenvalue weighted by atomic mass is 35.5.